The molecule has 2 heterocycles. The van der Waals surface area contributed by atoms with E-state index in [0.29, 0.717) is 16.4 Å². The van der Waals surface area contributed by atoms with Crippen molar-refractivity contribution in [3.63, 3.8) is 0 Å². The number of hydrogen-bond donors (Lipinski definition) is 1. The monoisotopic (exact) mass is 398 g/mol. The number of aryl methyl sites for hydroxylation is 1. The topological polar surface area (TPSA) is 59.8 Å². The van der Waals surface area contributed by atoms with Crippen molar-refractivity contribution in [3.05, 3.63) is 64.7 Å². The third kappa shape index (κ3) is 3.92. The van der Waals surface area contributed by atoms with Crippen LogP contribution in [-0.2, 0) is 24.2 Å². The van der Waals surface area contributed by atoms with Crippen LogP contribution < -0.4 is 5.32 Å². The van der Waals surface area contributed by atoms with Crippen molar-refractivity contribution >= 4 is 23.2 Å². The van der Waals surface area contributed by atoms with Gasteiger partial charge in [-0.25, -0.2) is 4.39 Å². The Labute approximate surface area is 167 Å². The highest BCUT2D eigenvalue weighted by Gasteiger charge is 2.18. The number of anilines is 1. The van der Waals surface area contributed by atoms with Crippen LogP contribution in [0.3, 0.4) is 0 Å². The number of aromatic nitrogens is 3. The Morgan fingerprint density at radius 2 is 2.00 bits per heavy atom. The van der Waals surface area contributed by atoms with Crippen LogP contribution in [0.5, 0.6) is 0 Å². The minimum atomic E-state index is -0.494. The smallest absolute Gasteiger partial charge is 0.228 e. The van der Waals surface area contributed by atoms with Gasteiger partial charge < -0.3 is 9.88 Å². The second kappa shape index (κ2) is 8.10. The van der Waals surface area contributed by atoms with Crippen LogP contribution >= 0.6 is 11.6 Å². The number of carbonyl (C=O) groups is 1. The molecular weight excluding hydrogens is 379 g/mol. The summed E-state index contributed by atoms with van der Waals surface area (Å²) in [5.74, 6) is 0.843. The molecule has 1 N–H and O–H groups in total. The van der Waals surface area contributed by atoms with Crippen LogP contribution in [-0.4, -0.2) is 20.7 Å². The summed E-state index contributed by atoms with van der Waals surface area (Å²) in [5, 5.41) is 11.8. The molecule has 0 unspecified atom stereocenters. The lowest BCUT2D eigenvalue weighted by atomic mass is 10.1. The molecule has 0 bridgehead atoms. The van der Waals surface area contributed by atoms with E-state index in [-0.39, 0.29) is 18.0 Å². The second-order valence-corrected chi connectivity index (χ2v) is 7.32. The standard InChI is InChI=1S/C21H20ClFN4O/c22-16-7-4-3-6-14(16)13-20(28)24-18-12-15(9-10-17(18)23)21-26-25-19-8-2-1-5-11-27(19)21/h3-4,6-7,9-10,12H,1-2,5,8,11,13H2,(H,24,28). The summed E-state index contributed by atoms with van der Waals surface area (Å²) in [5.41, 5.74) is 1.55. The van der Waals surface area contributed by atoms with Crippen LogP contribution in [0, 0.1) is 5.82 Å². The number of rotatable bonds is 4. The van der Waals surface area contributed by atoms with E-state index in [1.165, 1.54) is 6.07 Å². The van der Waals surface area contributed by atoms with Gasteiger partial charge in [-0.15, -0.1) is 10.2 Å². The lowest BCUT2D eigenvalue weighted by molar-refractivity contribution is -0.115. The predicted octanol–water partition coefficient (Wildman–Crippen LogP) is 4.65. The summed E-state index contributed by atoms with van der Waals surface area (Å²) in [6, 6.07) is 11.7. The predicted molar refractivity (Wildman–Crippen MR) is 107 cm³/mol. The summed E-state index contributed by atoms with van der Waals surface area (Å²) in [6.45, 7) is 0.850. The second-order valence-electron chi connectivity index (χ2n) is 6.91. The van der Waals surface area contributed by atoms with Gasteiger partial charge in [0.15, 0.2) is 5.82 Å². The zero-order chi connectivity index (χ0) is 19.5. The van der Waals surface area contributed by atoms with E-state index in [1.807, 2.05) is 6.07 Å². The fourth-order valence-electron chi connectivity index (χ4n) is 3.47. The lowest BCUT2D eigenvalue weighted by Gasteiger charge is -2.11. The Balaban J connectivity index is 1.57. The molecule has 0 radical (unpaired) electrons. The first kappa shape index (κ1) is 18.6. The summed E-state index contributed by atoms with van der Waals surface area (Å²) in [4.78, 5) is 12.4. The van der Waals surface area contributed by atoms with E-state index in [1.54, 1.807) is 30.3 Å². The first-order chi connectivity index (χ1) is 13.6. The van der Waals surface area contributed by atoms with E-state index < -0.39 is 5.82 Å². The Morgan fingerprint density at radius 3 is 2.86 bits per heavy atom. The Bertz CT molecular complexity index is 1020. The Morgan fingerprint density at radius 1 is 1.14 bits per heavy atom. The van der Waals surface area contributed by atoms with Crippen molar-refractivity contribution in [1.82, 2.24) is 14.8 Å². The van der Waals surface area contributed by atoms with Gasteiger partial charge in [0.2, 0.25) is 5.91 Å². The molecule has 0 saturated carbocycles. The van der Waals surface area contributed by atoms with Crippen LogP contribution in [0.25, 0.3) is 11.4 Å². The van der Waals surface area contributed by atoms with Crippen LogP contribution in [0.1, 0.15) is 30.7 Å². The van der Waals surface area contributed by atoms with Gasteiger partial charge in [-0.1, -0.05) is 36.2 Å². The quantitative estimate of drug-likeness (QED) is 0.696. The first-order valence-electron chi connectivity index (χ1n) is 9.37. The minimum Gasteiger partial charge on any atom is -0.323 e. The molecule has 144 valence electrons. The van der Waals surface area contributed by atoms with Gasteiger partial charge in [0, 0.05) is 23.6 Å². The average molecular weight is 399 g/mol. The summed E-state index contributed by atoms with van der Waals surface area (Å²) in [6.07, 6.45) is 4.31. The van der Waals surface area contributed by atoms with Gasteiger partial charge >= 0.3 is 0 Å². The van der Waals surface area contributed by atoms with Crippen LogP contribution in [0.15, 0.2) is 42.5 Å². The van der Waals surface area contributed by atoms with Crippen molar-refractivity contribution in [2.45, 2.75) is 38.6 Å². The van der Waals surface area contributed by atoms with Crippen LogP contribution in [0.2, 0.25) is 5.02 Å². The maximum absolute atomic E-state index is 14.3. The van der Waals surface area contributed by atoms with Gasteiger partial charge in [-0.3, -0.25) is 4.79 Å². The van der Waals surface area contributed by atoms with Crippen molar-refractivity contribution < 1.29 is 9.18 Å². The minimum absolute atomic E-state index is 0.0731. The molecule has 0 atom stereocenters. The molecule has 3 aromatic rings. The van der Waals surface area contributed by atoms with Crippen molar-refractivity contribution in [1.29, 1.82) is 0 Å². The fraction of sp³-hybridized carbons (Fsp3) is 0.286. The SMILES string of the molecule is O=C(Cc1ccccc1Cl)Nc1cc(-c2nnc3n2CCCCC3)ccc1F. The van der Waals surface area contributed by atoms with E-state index in [9.17, 15) is 9.18 Å². The lowest BCUT2D eigenvalue weighted by Crippen LogP contribution is -2.15. The van der Waals surface area contributed by atoms with E-state index in [2.05, 4.69) is 20.1 Å². The highest BCUT2D eigenvalue weighted by Crippen LogP contribution is 2.27. The maximum atomic E-state index is 14.3. The van der Waals surface area contributed by atoms with E-state index >= 15 is 0 Å². The van der Waals surface area contributed by atoms with Gasteiger partial charge in [0.25, 0.3) is 0 Å². The molecule has 0 saturated heterocycles. The summed E-state index contributed by atoms with van der Waals surface area (Å²) in [7, 11) is 0. The number of benzene rings is 2. The highest BCUT2D eigenvalue weighted by molar-refractivity contribution is 6.31. The molecule has 1 aromatic heterocycles. The molecule has 0 fully saturated rings. The Hall–Kier alpha value is -2.73. The van der Waals surface area contributed by atoms with Gasteiger partial charge in [0.1, 0.15) is 11.6 Å². The molecule has 7 heteroatoms. The third-order valence-electron chi connectivity index (χ3n) is 4.92. The molecule has 1 amide bonds. The molecule has 0 spiro atoms. The molecule has 5 nitrogen and oxygen atoms in total. The number of halogens is 2. The molecule has 28 heavy (non-hydrogen) atoms. The molecule has 0 aliphatic carbocycles. The summed E-state index contributed by atoms with van der Waals surface area (Å²) < 4.78 is 16.4. The first-order valence-corrected chi connectivity index (χ1v) is 9.75. The maximum Gasteiger partial charge on any atom is 0.228 e. The fourth-order valence-corrected chi connectivity index (χ4v) is 3.67. The molecule has 1 aliphatic heterocycles. The number of carbonyl (C=O) groups excluding carboxylic acids is 1. The van der Waals surface area contributed by atoms with Crippen molar-refractivity contribution in [3.8, 4) is 11.4 Å². The van der Waals surface area contributed by atoms with Crippen molar-refractivity contribution in [2.24, 2.45) is 0 Å². The largest absolute Gasteiger partial charge is 0.323 e. The van der Waals surface area contributed by atoms with Gasteiger partial charge in [-0.2, -0.15) is 0 Å². The van der Waals surface area contributed by atoms with E-state index in [0.717, 1.165) is 43.6 Å². The van der Waals surface area contributed by atoms with E-state index in [4.69, 9.17) is 11.6 Å². The Kier molecular flexibility index (Phi) is 5.39. The number of hydrogen-bond acceptors (Lipinski definition) is 3. The highest BCUT2D eigenvalue weighted by atomic mass is 35.5. The van der Waals surface area contributed by atoms with Crippen LogP contribution in [0.4, 0.5) is 10.1 Å². The zero-order valence-electron chi connectivity index (χ0n) is 15.3. The molecular formula is C21H20ClFN4O. The van der Waals surface area contributed by atoms with Gasteiger partial charge in [0.05, 0.1) is 12.1 Å². The normalized spacial score (nSPS) is 13.6. The average Bonchev–Trinajstić information content (AvgIpc) is 2.93. The number of fused-ring (bicyclic) bond motifs is 1. The molecule has 4 rings (SSSR count). The number of nitrogens with one attached hydrogen (secondary N) is 1. The van der Waals surface area contributed by atoms with Crippen molar-refractivity contribution in [2.75, 3.05) is 5.32 Å². The number of amides is 1. The molecule has 2 aromatic carbocycles. The summed E-state index contributed by atoms with van der Waals surface area (Å²) >= 11 is 6.10. The third-order valence-corrected chi connectivity index (χ3v) is 5.29. The van der Waals surface area contributed by atoms with Gasteiger partial charge in [-0.05, 0) is 42.7 Å². The molecule has 1 aliphatic rings. The zero-order valence-corrected chi connectivity index (χ0v) is 16.0. The number of nitrogens with zero attached hydrogens (tertiary/aromatic N) is 3.